The molecule has 0 atom stereocenters. The van der Waals surface area contributed by atoms with Gasteiger partial charge in [-0.15, -0.1) is 35.3 Å². The van der Waals surface area contributed by atoms with Crippen molar-refractivity contribution in [1.29, 1.82) is 0 Å². The summed E-state index contributed by atoms with van der Waals surface area (Å²) in [4.78, 5) is 22.8. The molecule has 3 rings (SSSR count). The number of halogens is 1. The van der Waals surface area contributed by atoms with Crippen LogP contribution in [-0.2, 0) is 22.5 Å². The molecule has 0 radical (unpaired) electrons. The van der Waals surface area contributed by atoms with Gasteiger partial charge in [-0.05, 0) is 50.1 Å². The molecule has 0 aromatic carbocycles. The Balaban J connectivity index is 0.00000261. The van der Waals surface area contributed by atoms with E-state index < -0.39 is 0 Å². The zero-order valence-corrected chi connectivity index (χ0v) is 19.4. The van der Waals surface area contributed by atoms with Crippen LogP contribution >= 0.6 is 35.3 Å². The normalized spacial score (nSPS) is 18.1. The zero-order chi connectivity index (χ0) is 18.4. The van der Waals surface area contributed by atoms with E-state index in [0.717, 1.165) is 64.6 Å². The minimum atomic E-state index is 0. The number of likely N-dealkylation sites (tertiary alicyclic amines) is 1. The average Bonchev–Trinajstić information content (AvgIpc) is 3.13. The summed E-state index contributed by atoms with van der Waals surface area (Å²) in [5.74, 6) is 0.963. The molecule has 8 heteroatoms. The van der Waals surface area contributed by atoms with Crippen molar-refractivity contribution in [3.63, 3.8) is 0 Å². The maximum absolute atomic E-state index is 12.6. The van der Waals surface area contributed by atoms with E-state index in [1.54, 1.807) is 11.3 Å². The molecule has 1 fully saturated rings. The van der Waals surface area contributed by atoms with Crippen LogP contribution in [0.15, 0.2) is 16.4 Å². The van der Waals surface area contributed by atoms with E-state index in [9.17, 15) is 4.79 Å². The van der Waals surface area contributed by atoms with Gasteiger partial charge in [-0.2, -0.15) is 0 Å². The lowest BCUT2D eigenvalue weighted by atomic mass is 10.1. The molecule has 3 heterocycles. The number of guanidine groups is 1. The number of carbonyl (C=O) groups excluding carboxylic acids is 1. The standard InChI is InChI=1S/C19H30N4O2S.HI/c1-3-20-19(22-9-5-16(6-10-22)25-4-2)21-13-18(24)23-11-7-17-15(14-23)8-12-26-17;/h8,12,16H,3-7,9-11,13-14H2,1-2H3,(H,20,21);1H. The van der Waals surface area contributed by atoms with Gasteiger partial charge in [0.05, 0.1) is 6.10 Å². The number of carbonyl (C=O) groups is 1. The van der Waals surface area contributed by atoms with E-state index in [0.29, 0.717) is 6.10 Å². The molecule has 152 valence electrons. The van der Waals surface area contributed by atoms with Crippen molar-refractivity contribution in [2.24, 2.45) is 4.99 Å². The van der Waals surface area contributed by atoms with Gasteiger partial charge in [-0.25, -0.2) is 4.99 Å². The Labute approximate surface area is 183 Å². The molecule has 1 N–H and O–H groups in total. The number of rotatable bonds is 5. The topological polar surface area (TPSA) is 57.2 Å². The van der Waals surface area contributed by atoms with Gasteiger partial charge in [-0.1, -0.05) is 0 Å². The van der Waals surface area contributed by atoms with Crippen LogP contribution in [0.3, 0.4) is 0 Å². The van der Waals surface area contributed by atoms with E-state index >= 15 is 0 Å². The largest absolute Gasteiger partial charge is 0.378 e. The second-order valence-corrected chi connectivity index (χ2v) is 7.75. The van der Waals surface area contributed by atoms with Gasteiger partial charge in [0.2, 0.25) is 5.91 Å². The molecule has 0 aliphatic carbocycles. The molecule has 0 spiro atoms. The second-order valence-electron chi connectivity index (χ2n) is 6.75. The van der Waals surface area contributed by atoms with Crippen LogP contribution in [0.2, 0.25) is 0 Å². The maximum atomic E-state index is 12.6. The molecule has 1 aromatic heterocycles. The Kier molecular flexibility index (Phi) is 9.31. The number of hydrogen-bond donors (Lipinski definition) is 1. The fraction of sp³-hybridized carbons (Fsp3) is 0.684. The number of piperidine rings is 1. The predicted molar refractivity (Wildman–Crippen MR) is 121 cm³/mol. The van der Waals surface area contributed by atoms with Gasteiger partial charge in [-0.3, -0.25) is 4.79 Å². The highest BCUT2D eigenvalue weighted by Gasteiger charge is 2.23. The summed E-state index contributed by atoms with van der Waals surface area (Å²) in [7, 11) is 0. The number of thiophene rings is 1. The van der Waals surface area contributed by atoms with Crippen LogP contribution in [0.25, 0.3) is 0 Å². The molecule has 0 unspecified atom stereocenters. The Bertz CT molecular complexity index is 629. The van der Waals surface area contributed by atoms with Crippen LogP contribution in [0.1, 0.15) is 37.1 Å². The van der Waals surface area contributed by atoms with Crippen molar-refractivity contribution >= 4 is 47.2 Å². The van der Waals surface area contributed by atoms with Crippen molar-refractivity contribution in [3.05, 3.63) is 21.9 Å². The summed E-state index contributed by atoms with van der Waals surface area (Å²) < 4.78 is 5.72. The van der Waals surface area contributed by atoms with E-state index in [4.69, 9.17) is 4.74 Å². The molecular weight excluding hydrogens is 475 g/mol. The predicted octanol–water partition coefficient (Wildman–Crippen LogP) is 2.72. The molecule has 1 saturated heterocycles. The Morgan fingerprint density at radius 3 is 2.78 bits per heavy atom. The first kappa shape index (κ1) is 22.4. The van der Waals surface area contributed by atoms with Crippen molar-refractivity contribution in [3.8, 4) is 0 Å². The first-order chi connectivity index (χ1) is 12.7. The van der Waals surface area contributed by atoms with Crippen LogP contribution < -0.4 is 5.32 Å². The molecule has 6 nitrogen and oxygen atoms in total. The highest BCUT2D eigenvalue weighted by molar-refractivity contribution is 14.0. The van der Waals surface area contributed by atoms with Crippen molar-refractivity contribution < 1.29 is 9.53 Å². The number of amides is 1. The van der Waals surface area contributed by atoms with Crippen LogP contribution in [-0.4, -0.2) is 67.1 Å². The maximum Gasteiger partial charge on any atom is 0.244 e. The summed E-state index contributed by atoms with van der Waals surface area (Å²) in [6.07, 6.45) is 3.35. The van der Waals surface area contributed by atoms with E-state index in [1.165, 1.54) is 10.4 Å². The number of nitrogens with zero attached hydrogens (tertiary/aromatic N) is 3. The molecule has 1 amide bonds. The Morgan fingerprint density at radius 1 is 1.30 bits per heavy atom. The number of hydrogen-bond acceptors (Lipinski definition) is 4. The zero-order valence-electron chi connectivity index (χ0n) is 16.3. The third-order valence-corrected chi connectivity index (χ3v) is 6.03. The third-order valence-electron chi connectivity index (χ3n) is 5.00. The van der Waals surface area contributed by atoms with Crippen LogP contribution in [0, 0.1) is 0 Å². The first-order valence-electron chi connectivity index (χ1n) is 9.69. The van der Waals surface area contributed by atoms with Gasteiger partial charge in [0.25, 0.3) is 0 Å². The third kappa shape index (κ3) is 6.05. The van der Waals surface area contributed by atoms with Crippen LogP contribution in [0.5, 0.6) is 0 Å². The molecule has 2 aliphatic rings. The molecule has 27 heavy (non-hydrogen) atoms. The number of nitrogens with one attached hydrogen (secondary N) is 1. The van der Waals surface area contributed by atoms with E-state index in [2.05, 4.69) is 33.6 Å². The van der Waals surface area contributed by atoms with Crippen molar-refractivity contribution in [2.45, 2.75) is 45.8 Å². The minimum absolute atomic E-state index is 0. The Morgan fingerprint density at radius 2 is 2.07 bits per heavy atom. The molecule has 2 aliphatic heterocycles. The summed E-state index contributed by atoms with van der Waals surface area (Å²) in [6.45, 7) is 9.28. The van der Waals surface area contributed by atoms with Crippen LogP contribution in [0.4, 0.5) is 0 Å². The van der Waals surface area contributed by atoms with Gasteiger partial charge >= 0.3 is 0 Å². The fourth-order valence-corrected chi connectivity index (χ4v) is 4.49. The molecule has 0 saturated carbocycles. The van der Waals surface area contributed by atoms with E-state index in [-0.39, 0.29) is 36.4 Å². The SMILES string of the molecule is CCNC(=NCC(=O)N1CCc2sccc2C1)N1CCC(OCC)CC1.I. The quantitative estimate of drug-likeness (QED) is 0.379. The van der Waals surface area contributed by atoms with Gasteiger partial charge in [0.15, 0.2) is 5.96 Å². The lowest BCUT2D eigenvalue weighted by Gasteiger charge is -2.34. The summed E-state index contributed by atoms with van der Waals surface area (Å²) >= 11 is 1.79. The summed E-state index contributed by atoms with van der Waals surface area (Å²) in [5, 5.41) is 5.45. The average molecular weight is 506 g/mol. The van der Waals surface area contributed by atoms with Gasteiger partial charge in [0.1, 0.15) is 6.54 Å². The van der Waals surface area contributed by atoms with Gasteiger partial charge in [0, 0.05) is 44.2 Å². The van der Waals surface area contributed by atoms with Crippen molar-refractivity contribution in [1.82, 2.24) is 15.1 Å². The molecular formula is C19H31IN4O2S. The summed E-state index contributed by atoms with van der Waals surface area (Å²) in [6, 6.07) is 2.13. The number of fused-ring (bicyclic) bond motifs is 1. The first-order valence-corrected chi connectivity index (χ1v) is 10.6. The highest BCUT2D eigenvalue weighted by atomic mass is 127. The Hall–Kier alpha value is -0.870. The van der Waals surface area contributed by atoms with E-state index in [1.807, 2.05) is 11.8 Å². The minimum Gasteiger partial charge on any atom is -0.378 e. The number of aliphatic imine (C=N–C) groups is 1. The lowest BCUT2D eigenvalue weighted by Crippen LogP contribution is -2.47. The second kappa shape index (κ2) is 11.2. The number of ether oxygens (including phenoxy) is 1. The molecule has 0 bridgehead atoms. The molecule has 1 aromatic rings. The monoisotopic (exact) mass is 506 g/mol. The lowest BCUT2D eigenvalue weighted by molar-refractivity contribution is -0.130. The smallest absolute Gasteiger partial charge is 0.244 e. The fourth-order valence-electron chi connectivity index (χ4n) is 3.60. The summed E-state index contributed by atoms with van der Waals surface area (Å²) in [5.41, 5.74) is 1.29. The van der Waals surface area contributed by atoms with Crippen molar-refractivity contribution in [2.75, 3.05) is 39.3 Å². The highest BCUT2D eigenvalue weighted by Crippen LogP contribution is 2.24. The van der Waals surface area contributed by atoms with Gasteiger partial charge < -0.3 is 19.9 Å².